The average Bonchev–Trinajstić information content (AvgIpc) is 2.63. The summed E-state index contributed by atoms with van der Waals surface area (Å²) < 4.78 is 27.3. The van der Waals surface area contributed by atoms with Crippen LogP contribution in [0.3, 0.4) is 0 Å². The van der Waals surface area contributed by atoms with Crippen LogP contribution in [0.1, 0.15) is 58.9 Å². The van der Waals surface area contributed by atoms with E-state index in [1.54, 1.807) is 0 Å². The van der Waals surface area contributed by atoms with Gasteiger partial charge in [-0.2, -0.15) is 4.67 Å². The number of rotatable bonds is 9. The van der Waals surface area contributed by atoms with E-state index >= 15 is 0 Å². The van der Waals surface area contributed by atoms with E-state index in [4.69, 9.17) is 9.05 Å². The maximum absolute atomic E-state index is 13.6. The van der Waals surface area contributed by atoms with Gasteiger partial charge >= 0.3 is 7.75 Å². The van der Waals surface area contributed by atoms with Gasteiger partial charge in [0, 0.05) is 18.0 Å². The van der Waals surface area contributed by atoms with Crippen LogP contribution in [0, 0.1) is 5.41 Å². The van der Waals surface area contributed by atoms with Crippen LogP contribution >= 0.6 is 7.75 Å². The highest BCUT2D eigenvalue weighted by atomic mass is 31.2. The van der Waals surface area contributed by atoms with Gasteiger partial charge in [0.2, 0.25) is 0 Å². The number of unbranched alkanes of at least 4 members (excludes halogenated alkanes) is 1. The topological polar surface area (TPSA) is 38.8 Å². The Labute approximate surface area is 159 Å². The summed E-state index contributed by atoms with van der Waals surface area (Å²) in [5, 5.41) is 0. The van der Waals surface area contributed by atoms with Gasteiger partial charge in [0.25, 0.3) is 0 Å². The first-order valence-corrected chi connectivity index (χ1v) is 11.3. The summed E-state index contributed by atoms with van der Waals surface area (Å²) in [5.41, 5.74) is 1.01. The van der Waals surface area contributed by atoms with Gasteiger partial charge in [-0.1, -0.05) is 83.0 Å². The first kappa shape index (κ1) is 21.4. The molecule has 4 nitrogen and oxygen atoms in total. The average molecular weight is 379 g/mol. The summed E-state index contributed by atoms with van der Waals surface area (Å²) in [7, 11) is -3.32. The monoisotopic (exact) mass is 379 g/mol. The van der Waals surface area contributed by atoms with E-state index < -0.39 is 7.75 Å². The van der Waals surface area contributed by atoms with E-state index in [0.29, 0.717) is 19.8 Å². The van der Waals surface area contributed by atoms with Crippen molar-refractivity contribution in [3.63, 3.8) is 0 Å². The molecule has 146 valence electrons. The SMILES string of the molecule is CCC/C=C/C(CCC)N(Cc1ccccc1)P1(=O)OCC(C)(C)CO1. The Hall–Kier alpha value is -0.930. The Kier molecular flexibility index (Phi) is 8.09. The van der Waals surface area contributed by atoms with Crippen molar-refractivity contribution in [1.29, 1.82) is 0 Å². The predicted octanol–water partition coefficient (Wildman–Crippen LogP) is 6.19. The minimum atomic E-state index is -3.32. The third kappa shape index (κ3) is 6.06. The van der Waals surface area contributed by atoms with E-state index in [2.05, 4.69) is 52.0 Å². The summed E-state index contributed by atoms with van der Waals surface area (Å²) in [5.74, 6) is 0. The summed E-state index contributed by atoms with van der Waals surface area (Å²) in [4.78, 5) is 0. The van der Waals surface area contributed by atoms with Crippen molar-refractivity contribution in [2.24, 2.45) is 5.41 Å². The maximum Gasteiger partial charge on any atom is 0.409 e. The van der Waals surface area contributed by atoms with Crippen molar-refractivity contribution in [1.82, 2.24) is 4.67 Å². The molecule has 1 atom stereocenters. The third-order valence-corrected chi connectivity index (χ3v) is 6.50. The lowest BCUT2D eigenvalue weighted by Gasteiger charge is -2.41. The lowest BCUT2D eigenvalue weighted by atomic mass is 9.97. The molecule has 1 fully saturated rings. The molecule has 1 aromatic rings. The highest BCUT2D eigenvalue weighted by Crippen LogP contribution is 2.58. The Morgan fingerprint density at radius 3 is 2.38 bits per heavy atom. The lowest BCUT2D eigenvalue weighted by molar-refractivity contribution is 0.0163. The molecular weight excluding hydrogens is 345 g/mol. The van der Waals surface area contributed by atoms with E-state index in [1.807, 2.05) is 22.9 Å². The van der Waals surface area contributed by atoms with Crippen molar-refractivity contribution in [2.45, 2.75) is 66.0 Å². The largest absolute Gasteiger partial charge is 0.409 e. The number of nitrogens with zero attached hydrogens (tertiary/aromatic N) is 1. The first-order valence-electron chi connectivity index (χ1n) is 9.77. The van der Waals surface area contributed by atoms with E-state index in [1.165, 1.54) is 0 Å². The third-order valence-electron chi connectivity index (χ3n) is 4.52. The van der Waals surface area contributed by atoms with Crippen LogP contribution in [-0.4, -0.2) is 23.9 Å². The zero-order chi connectivity index (χ0) is 19.0. The molecule has 1 saturated heterocycles. The van der Waals surface area contributed by atoms with Crippen LogP contribution in [0.25, 0.3) is 0 Å². The minimum Gasteiger partial charge on any atom is -0.296 e. The summed E-state index contributed by atoms with van der Waals surface area (Å²) >= 11 is 0. The van der Waals surface area contributed by atoms with Crippen molar-refractivity contribution < 1.29 is 13.6 Å². The fourth-order valence-electron chi connectivity index (χ4n) is 2.96. The second kappa shape index (κ2) is 9.85. The molecule has 0 N–H and O–H groups in total. The smallest absolute Gasteiger partial charge is 0.296 e. The van der Waals surface area contributed by atoms with Gasteiger partial charge in [-0.15, -0.1) is 0 Å². The van der Waals surface area contributed by atoms with Crippen molar-refractivity contribution >= 4 is 7.75 Å². The summed E-state index contributed by atoms with van der Waals surface area (Å²) in [6, 6.07) is 10.2. The second-order valence-electron chi connectivity index (χ2n) is 7.84. The number of benzene rings is 1. The molecule has 0 aliphatic carbocycles. The molecule has 0 spiro atoms. The van der Waals surface area contributed by atoms with Gasteiger partial charge in [0.05, 0.1) is 13.2 Å². The van der Waals surface area contributed by atoms with Crippen LogP contribution in [0.4, 0.5) is 0 Å². The Morgan fingerprint density at radius 2 is 1.81 bits per heavy atom. The molecule has 1 aliphatic heterocycles. The molecular formula is C21H34NO3P. The van der Waals surface area contributed by atoms with E-state index in [-0.39, 0.29) is 11.5 Å². The van der Waals surface area contributed by atoms with Gasteiger partial charge in [0.1, 0.15) is 0 Å². The molecule has 0 amide bonds. The summed E-state index contributed by atoms with van der Waals surface area (Å²) in [6.45, 7) is 9.92. The van der Waals surface area contributed by atoms with Crippen LogP contribution in [0.2, 0.25) is 0 Å². The second-order valence-corrected chi connectivity index (χ2v) is 9.80. The molecule has 0 aromatic heterocycles. The molecule has 1 unspecified atom stereocenters. The van der Waals surface area contributed by atoms with Gasteiger partial charge in [-0.3, -0.25) is 9.05 Å². The Balaban J connectivity index is 2.29. The molecule has 2 rings (SSSR count). The van der Waals surface area contributed by atoms with Gasteiger partial charge in [-0.05, 0) is 18.4 Å². The Morgan fingerprint density at radius 1 is 1.15 bits per heavy atom. The minimum absolute atomic E-state index is 0.0406. The van der Waals surface area contributed by atoms with Crippen LogP contribution < -0.4 is 0 Å². The molecule has 26 heavy (non-hydrogen) atoms. The lowest BCUT2D eigenvalue weighted by Crippen LogP contribution is -2.38. The zero-order valence-electron chi connectivity index (χ0n) is 16.7. The van der Waals surface area contributed by atoms with Crippen molar-refractivity contribution in [2.75, 3.05) is 13.2 Å². The normalized spacial score (nSPS) is 20.5. The first-order chi connectivity index (χ1) is 12.4. The molecule has 0 saturated carbocycles. The molecule has 1 heterocycles. The van der Waals surface area contributed by atoms with Gasteiger partial charge < -0.3 is 0 Å². The van der Waals surface area contributed by atoms with Crippen molar-refractivity contribution in [3.05, 3.63) is 48.0 Å². The fraction of sp³-hybridized carbons (Fsp3) is 0.619. The fourth-order valence-corrected chi connectivity index (χ4v) is 5.24. The van der Waals surface area contributed by atoms with Crippen LogP contribution in [-0.2, 0) is 20.2 Å². The quantitative estimate of drug-likeness (QED) is 0.378. The number of allylic oxidation sites excluding steroid dienone is 1. The zero-order valence-corrected chi connectivity index (χ0v) is 17.6. The van der Waals surface area contributed by atoms with Crippen molar-refractivity contribution in [3.8, 4) is 0 Å². The highest BCUT2D eigenvalue weighted by molar-refractivity contribution is 7.51. The van der Waals surface area contributed by atoms with Crippen LogP contribution in [0.15, 0.2) is 42.5 Å². The molecule has 1 aliphatic rings. The number of hydrogen-bond acceptors (Lipinski definition) is 3. The molecule has 1 aromatic carbocycles. The highest BCUT2D eigenvalue weighted by Gasteiger charge is 2.43. The molecule has 5 heteroatoms. The molecule has 0 radical (unpaired) electrons. The standard InChI is InChI=1S/C21H34NO3P/c1-5-7-9-15-20(12-6-2)22(16-19-13-10-8-11-14-19)26(23)24-17-21(3,4)18-25-26/h8-11,13-15,20H,5-7,12,16-18H2,1-4H3/b15-9+. The van der Waals surface area contributed by atoms with Crippen LogP contribution in [0.5, 0.6) is 0 Å². The Bertz CT molecular complexity index is 601. The molecule has 0 bridgehead atoms. The van der Waals surface area contributed by atoms with E-state index in [9.17, 15) is 4.57 Å². The summed E-state index contributed by atoms with van der Waals surface area (Å²) in [6.07, 6.45) is 8.44. The van der Waals surface area contributed by atoms with Gasteiger partial charge in [0.15, 0.2) is 0 Å². The van der Waals surface area contributed by atoms with Gasteiger partial charge in [-0.25, -0.2) is 4.57 Å². The van der Waals surface area contributed by atoms with E-state index in [0.717, 1.165) is 31.2 Å². The predicted molar refractivity (Wildman–Crippen MR) is 108 cm³/mol. The maximum atomic E-state index is 13.6. The number of hydrogen-bond donors (Lipinski definition) is 0.